The van der Waals surface area contributed by atoms with Crippen molar-refractivity contribution in [2.45, 2.75) is 37.5 Å². The van der Waals surface area contributed by atoms with Gasteiger partial charge in [-0.05, 0) is 19.8 Å². The first-order valence-electron chi connectivity index (χ1n) is 6.98. The summed E-state index contributed by atoms with van der Waals surface area (Å²) in [5.41, 5.74) is 0.507. The minimum atomic E-state index is -6.13. The highest BCUT2D eigenvalue weighted by Crippen LogP contribution is 2.54. The number of carbonyl (C=O) groups is 1. The van der Waals surface area contributed by atoms with Gasteiger partial charge >= 0.3 is 18.1 Å². The number of nitrogen functional groups attached to an aromatic ring is 1. The molecule has 0 unspecified atom stereocenters. The minimum Gasteiger partial charge on any atom is -0.465 e. The van der Waals surface area contributed by atoms with Crippen LogP contribution in [0.3, 0.4) is 0 Å². The van der Waals surface area contributed by atoms with Crippen molar-refractivity contribution in [3.8, 4) is 0 Å². The maximum atomic E-state index is 14.3. The van der Waals surface area contributed by atoms with Gasteiger partial charge in [0.1, 0.15) is 17.3 Å². The predicted molar refractivity (Wildman–Crippen MR) is 70.9 cm³/mol. The Morgan fingerprint density at radius 1 is 1.33 bits per heavy atom. The summed E-state index contributed by atoms with van der Waals surface area (Å²) in [6.45, 7) is 1.19. The lowest BCUT2D eigenvalue weighted by molar-refractivity contribution is -0.357. The van der Waals surface area contributed by atoms with E-state index in [2.05, 4.69) is 9.72 Å². The van der Waals surface area contributed by atoms with E-state index in [4.69, 9.17) is 5.73 Å². The van der Waals surface area contributed by atoms with Crippen LogP contribution in [0.4, 0.5) is 27.8 Å². The molecular weight excluding hydrogens is 341 g/mol. The molecule has 24 heavy (non-hydrogen) atoms. The highest BCUT2D eigenvalue weighted by atomic mass is 19.4. The van der Waals surface area contributed by atoms with Crippen LogP contribution in [0, 0.1) is 12.8 Å². The number of aliphatic hydroxyl groups is 1. The summed E-state index contributed by atoms with van der Waals surface area (Å²) >= 11 is 0. The molecule has 2 heterocycles. The van der Waals surface area contributed by atoms with Gasteiger partial charge in [-0.15, -0.1) is 0 Å². The molecule has 0 amide bonds. The van der Waals surface area contributed by atoms with Gasteiger partial charge in [0.2, 0.25) is 0 Å². The number of ether oxygens (including phenoxy) is 1. The Labute approximate surface area is 133 Å². The number of halogens is 5. The summed E-state index contributed by atoms with van der Waals surface area (Å²) in [6, 6.07) is 0. The lowest BCUT2D eigenvalue weighted by atomic mass is 9.75. The third-order valence-electron chi connectivity index (χ3n) is 4.23. The van der Waals surface area contributed by atoms with Crippen molar-refractivity contribution >= 4 is 11.8 Å². The summed E-state index contributed by atoms with van der Waals surface area (Å²) in [7, 11) is 1.28. The van der Waals surface area contributed by atoms with E-state index < -0.39 is 47.5 Å². The smallest absolute Gasteiger partial charge is 0.456 e. The highest BCUT2D eigenvalue weighted by molar-refractivity contribution is 5.75. The fourth-order valence-corrected chi connectivity index (χ4v) is 2.71. The first-order chi connectivity index (χ1) is 10.9. The van der Waals surface area contributed by atoms with Gasteiger partial charge in [-0.3, -0.25) is 4.79 Å². The SMILES string of the molecule is Cc1nc([C@](O)([C@@H]2CCCOC2=O)C(F)(F)C(F)(F)F)c(N)n1C. The van der Waals surface area contributed by atoms with Gasteiger partial charge in [0.05, 0.1) is 12.5 Å². The van der Waals surface area contributed by atoms with E-state index in [1.165, 1.54) is 14.0 Å². The van der Waals surface area contributed by atoms with E-state index in [1.54, 1.807) is 0 Å². The van der Waals surface area contributed by atoms with E-state index >= 15 is 0 Å². The number of anilines is 1. The van der Waals surface area contributed by atoms with Crippen LogP contribution in [-0.2, 0) is 22.2 Å². The molecule has 1 aromatic heterocycles. The molecular formula is C13H16F5N3O3. The Balaban J connectivity index is 2.74. The normalized spacial score (nSPS) is 22.2. The Morgan fingerprint density at radius 2 is 1.92 bits per heavy atom. The Kier molecular flexibility index (Phi) is 4.28. The second-order valence-corrected chi connectivity index (χ2v) is 5.65. The lowest BCUT2D eigenvalue weighted by Crippen LogP contribution is -2.61. The average Bonchev–Trinajstić information content (AvgIpc) is 2.73. The van der Waals surface area contributed by atoms with Crippen LogP contribution in [-0.4, -0.2) is 39.3 Å². The van der Waals surface area contributed by atoms with E-state index in [0.29, 0.717) is 0 Å². The van der Waals surface area contributed by atoms with Crippen molar-refractivity contribution in [2.75, 3.05) is 12.3 Å². The predicted octanol–water partition coefficient (Wildman–Crippen LogP) is 1.65. The number of nitrogens with two attached hydrogens (primary N) is 1. The first-order valence-corrected chi connectivity index (χ1v) is 6.98. The van der Waals surface area contributed by atoms with Gasteiger partial charge in [-0.2, -0.15) is 22.0 Å². The summed E-state index contributed by atoms with van der Waals surface area (Å²) in [5, 5.41) is 10.5. The van der Waals surface area contributed by atoms with Gasteiger partial charge in [0, 0.05) is 7.05 Å². The zero-order chi connectivity index (χ0) is 18.5. The molecule has 11 heteroatoms. The standard InChI is InChI=1S/C13H16F5N3O3/c1-6-20-8(9(19)21(6)2)11(23,12(14,15)13(16,17)18)7-4-3-5-24-10(7)22/h7,23H,3-5,19H2,1-2H3/t7-,11-/m1/s1. The zero-order valence-electron chi connectivity index (χ0n) is 12.8. The molecule has 2 atom stereocenters. The number of esters is 1. The van der Waals surface area contributed by atoms with Gasteiger partial charge in [-0.1, -0.05) is 0 Å². The summed E-state index contributed by atoms with van der Waals surface area (Å²) in [6.07, 6.45) is -6.52. The quantitative estimate of drug-likeness (QED) is 0.634. The third kappa shape index (κ3) is 2.41. The van der Waals surface area contributed by atoms with Gasteiger partial charge in [0.15, 0.2) is 5.60 Å². The van der Waals surface area contributed by atoms with Crippen LogP contribution >= 0.6 is 0 Å². The van der Waals surface area contributed by atoms with Crippen molar-refractivity contribution < 1.29 is 36.6 Å². The van der Waals surface area contributed by atoms with E-state index in [9.17, 15) is 31.9 Å². The molecule has 1 aliphatic rings. The van der Waals surface area contributed by atoms with Crippen molar-refractivity contribution in [3.05, 3.63) is 11.5 Å². The Morgan fingerprint density at radius 3 is 2.33 bits per heavy atom. The number of cyclic esters (lactones) is 1. The number of carbonyl (C=O) groups excluding carboxylic acids is 1. The van der Waals surface area contributed by atoms with Gasteiger partial charge in [0.25, 0.3) is 0 Å². The topological polar surface area (TPSA) is 90.4 Å². The number of nitrogens with zero attached hydrogens (tertiary/aromatic N) is 2. The number of hydrogen-bond donors (Lipinski definition) is 2. The molecule has 0 spiro atoms. The van der Waals surface area contributed by atoms with E-state index in [1.807, 2.05) is 0 Å². The van der Waals surface area contributed by atoms with Gasteiger partial charge < -0.3 is 20.1 Å². The number of imidazole rings is 1. The number of rotatable bonds is 3. The molecule has 1 saturated heterocycles. The molecule has 1 fully saturated rings. The summed E-state index contributed by atoms with van der Waals surface area (Å²) < 4.78 is 73.1. The van der Waals surface area contributed by atoms with E-state index in [-0.39, 0.29) is 18.9 Å². The van der Waals surface area contributed by atoms with Crippen molar-refractivity contribution in [2.24, 2.45) is 13.0 Å². The zero-order valence-corrected chi connectivity index (χ0v) is 12.8. The summed E-state index contributed by atoms with van der Waals surface area (Å²) in [5.74, 6) is -9.76. The second kappa shape index (κ2) is 5.57. The molecule has 0 aliphatic carbocycles. The Bertz CT molecular complexity index is 658. The van der Waals surface area contributed by atoms with Crippen LogP contribution in [0.25, 0.3) is 0 Å². The molecule has 0 bridgehead atoms. The molecule has 0 radical (unpaired) electrons. The third-order valence-corrected chi connectivity index (χ3v) is 4.23. The van der Waals surface area contributed by atoms with Crippen LogP contribution in [0.2, 0.25) is 0 Å². The maximum absolute atomic E-state index is 14.3. The molecule has 1 aliphatic heterocycles. The van der Waals surface area contributed by atoms with E-state index in [0.717, 1.165) is 4.57 Å². The summed E-state index contributed by atoms with van der Waals surface area (Å²) in [4.78, 5) is 15.4. The van der Waals surface area contributed by atoms with Crippen LogP contribution < -0.4 is 5.73 Å². The highest BCUT2D eigenvalue weighted by Gasteiger charge is 2.75. The molecule has 2 rings (SSSR count). The van der Waals surface area contributed by atoms with Crippen LogP contribution in [0.1, 0.15) is 24.4 Å². The molecule has 6 nitrogen and oxygen atoms in total. The fourth-order valence-electron chi connectivity index (χ4n) is 2.71. The van der Waals surface area contributed by atoms with Crippen LogP contribution in [0.5, 0.6) is 0 Å². The monoisotopic (exact) mass is 357 g/mol. The van der Waals surface area contributed by atoms with Crippen LogP contribution in [0.15, 0.2) is 0 Å². The lowest BCUT2D eigenvalue weighted by Gasteiger charge is -2.41. The number of hydrogen-bond acceptors (Lipinski definition) is 5. The van der Waals surface area contributed by atoms with Crippen molar-refractivity contribution in [3.63, 3.8) is 0 Å². The molecule has 0 saturated carbocycles. The molecule has 1 aromatic rings. The minimum absolute atomic E-state index is 0.00285. The molecule has 136 valence electrons. The van der Waals surface area contributed by atoms with Crippen molar-refractivity contribution in [1.29, 1.82) is 0 Å². The second-order valence-electron chi connectivity index (χ2n) is 5.65. The maximum Gasteiger partial charge on any atom is 0.456 e. The largest absolute Gasteiger partial charge is 0.465 e. The Hall–Kier alpha value is -1.91. The first kappa shape index (κ1) is 18.4. The molecule has 0 aromatic carbocycles. The number of aryl methyl sites for hydroxylation is 1. The van der Waals surface area contributed by atoms with Crippen molar-refractivity contribution in [1.82, 2.24) is 9.55 Å². The van der Waals surface area contributed by atoms with Gasteiger partial charge in [-0.25, -0.2) is 4.98 Å². The number of alkyl halides is 5. The average molecular weight is 357 g/mol. The number of aromatic nitrogens is 2. The molecule has 3 N–H and O–H groups in total. The fraction of sp³-hybridized carbons (Fsp3) is 0.692.